The summed E-state index contributed by atoms with van der Waals surface area (Å²) in [7, 11) is -1.83. The second-order valence-electron chi connectivity index (χ2n) is 22.8. The van der Waals surface area contributed by atoms with Gasteiger partial charge in [0.2, 0.25) is 0 Å². The van der Waals surface area contributed by atoms with Gasteiger partial charge in [-0.15, -0.1) is 0 Å². The number of fused-ring (bicyclic) bond motifs is 2. The van der Waals surface area contributed by atoms with Gasteiger partial charge in [-0.2, -0.15) is 0 Å². The molecule has 9 rings (SSSR count). The van der Waals surface area contributed by atoms with Crippen molar-refractivity contribution >= 4 is 66.0 Å². The molecule has 0 amide bonds. The SMILES string of the molecule is Cc1cc2c(cc1C(=O)c1ccc(B(O)O)cc1)C(C)(C)CCC2(C)C.Cc1cc2c(cc1C(=O)c1ccc(B3COCCO3)cc1)C(C)(C)CCC2(C)C.O=C(Cl)c1ccc(B2OCCCO2)cc1.OCCCO. The van der Waals surface area contributed by atoms with Gasteiger partial charge in [-0.25, -0.2) is 0 Å². The largest absolute Gasteiger partial charge is 0.493 e. The fourth-order valence-electron chi connectivity index (χ4n) is 10.1. The highest BCUT2D eigenvalue weighted by molar-refractivity contribution is 6.68. The normalized spacial score (nSPS) is 17.7. The van der Waals surface area contributed by atoms with E-state index in [2.05, 4.69) is 86.6 Å². The molecule has 75 heavy (non-hydrogen) atoms. The molecule has 0 unspecified atom stereocenters. The highest BCUT2D eigenvalue weighted by atomic mass is 35.5. The van der Waals surface area contributed by atoms with Crippen molar-refractivity contribution in [3.8, 4) is 0 Å². The zero-order valence-electron chi connectivity index (χ0n) is 45.7. The molecule has 4 N–H and O–H groups in total. The van der Waals surface area contributed by atoms with E-state index in [1.807, 2.05) is 31.2 Å². The smallest absolute Gasteiger partial charge is 0.427 e. The minimum Gasteiger partial charge on any atom is -0.427 e. The third-order valence-corrected chi connectivity index (χ3v) is 15.5. The lowest BCUT2D eigenvalue weighted by molar-refractivity contribution is 0.0880. The predicted molar refractivity (Wildman–Crippen MR) is 302 cm³/mol. The number of carbonyl (C=O) groups is 3. The molecule has 5 aromatic carbocycles. The summed E-state index contributed by atoms with van der Waals surface area (Å²) < 4.78 is 22.1. The number of aryl methyl sites for hydroxylation is 2. The van der Waals surface area contributed by atoms with Crippen LogP contribution in [0.3, 0.4) is 0 Å². The lowest BCUT2D eigenvalue weighted by Crippen LogP contribution is -2.43. The molecule has 0 aromatic heterocycles. The predicted octanol–water partition coefficient (Wildman–Crippen LogP) is 8.17. The van der Waals surface area contributed by atoms with Gasteiger partial charge in [0.05, 0.1) is 19.7 Å². The standard InChI is InChI=1S/C25H31BO3.C22H27BO3.C10H10BClO3.C3H8O2/c1-17-14-21-22(25(4,5)11-10-24(21,2)3)15-20(17)23(27)18-6-8-19(9-7-18)26-16-28-12-13-29-26;1-14-12-18-19(22(4,5)11-10-21(18,2)3)13-17(14)20(24)15-6-8-16(9-7-15)23(25)26;12-10(13)8-2-4-9(5-3-8)11-14-6-1-7-15-11;4-2-1-3-5/h6-9,14-15H,10-13,16H2,1-5H3;6-9,12-13,25-26H,10-11H2,1-5H3;2-5H,1,6-7H2;4-5H,1-3H2. The van der Waals surface area contributed by atoms with E-state index >= 15 is 0 Å². The van der Waals surface area contributed by atoms with Gasteiger partial charge in [-0.3, -0.25) is 14.4 Å². The molecular formula is C60H76B3ClO11. The van der Waals surface area contributed by atoms with Crippen molar-refractivity contribution in [1.82, 2.24) is 0 Å². The summed E-state index contributed by atoms with van der Waals surface area (Å²) in [6.07, 6.45) is 5.99. The van der Waals surface area contributed by atoms with Gasteiger partial charge < -0.3 is 39.0 Å². The minimum atomic E-state index is -1.52. The van der Waals surface area contributed by atoms with Gasteiger partial charge in [0.25, 0.3) is 5.24 Å². The van der Waals surface area contributed by atoms with Crippen LogP contribution >= 0.6 is 11.6 Å². The molecule has 2 heterocycles. The average molecular weight is 1040 g/mol. The number of hydrogen-bond acceptors (Lipinski definition) is 11. The number of rotatable bonds is 10. The molecule has 0 atom stereocenters. The molecule has 2 aliphatic carbocycles. The zero-order chi connectivity index (χ0) is 54.9. The van der Waals surface area contributed by atoms with Crippen LogP contribution in [0.5, 0.6) is 0 Å². The average Bonchev–Trinajstić information content (AvgIpc) is 3.40. The lowest BCUT2D eigenvalue weighted by Gasteiger charge is -2.42. The van der Waals surface area contributed by atoms with Crippen molar-refractivity contribution in [2.45, 2.75) is 129 Å². The van der Waals surface area contributed by atoms with Crippen LogP contribution in [0.1, 0.15) is 169 Å². The van der Waals surface area contributed by atoms with Crippen molar-refractivity contribution in [2.75, 3.05) is 46.1 Å². The van der Waals surface area contributed by atoms with Crippen LogP contribution in [0.4, 0.5) is 0 Å². The second kappa shape index (κ2) is 25.6. The highest BCUT2D eigenvalue weighted by Gasteiger charge is 2.39. The first-order valence-electron chi connectivity index (χ1n) is 26.3. The van der Waals surface area contributed by atoms with E-state index in [-0.39, 0.29) is 60.5 Å². The Bertz CT molecular complexity index is 2740. The van der Waals surface area contributed by atoms with E-state index < -0.39 is 12.4 Å². The Labute approximate surface area is 451 Å². The summed E-state index contributed by atoms with van der Waals surface area (Å²) in [5, 5.41) is 33.8. The van der Waals surface area contributed by atoms with Crippen LogP contribution in [0, 0.1) is 13.8 Å². The van der Waals surface area contributed by atoms with E-state index in [1.165, 1.54) is 28.7 Å². The number of benzene rings is 5. The molecule has 2 fully saturated rings. The Hall–Kier alpha value is -4.73. The molecule has 2 saturated heterocycles. The fraction of sp³-hybridized carbons (Fsp3) is 0.450. The Morgan fingerprint density at radius 2 is 0.947 bits per heavy atom. The molecule has 0 bridgehead atoms. The summed E-state index contributed by atoms with van der Waals surface area (Å²) in [4.78, 5) is 37.3. The number of hydrogen-bond donors (Lipinski definition) is 4. The highest BCUT2D eigenvalue weighted by Crippen LogP contribution is 2.48. The van der Waals surface area contributed by atoms with E-state index in [0.29, 0.717) is 55.9 Å². The van der Waals surface area contributed by atoms with Gasteiger partial charge in [-0.05, 0) is 148 Å². The van der Waals surface area contributed by atoms with Crippen molar-refractivity contribution in [1.29, 1.82) is 0 Å². The summed E-state index contributed by atoms with van der Waals surface area (Å²) in [5.41, 5.74) is 13.5. The van der Waals surface area contributed by atoms with E-state index in [4.69, 9.17) is 40.5 Å². The molecule has 0 spiro atoms. The van der Waals surface area contributed by atoms with Crippen molar-refractivity contribution in [3.05, 3.63) is 158 Å². The summed E-state index contributed by atoms with van der Waals surface area (Å²) >= 11 is 5.34. The Morgan fingerprint density at radius 1 is 0.547 bits per heavy atom. The second-order valence-corrected chi connectivity index (χ2v) is 23.1. The first-order chi connectivity index (χ1) is 35.4. The number of carbonyl (C=O) groups excluding carboxylic acids is 3. The molecule has 398 valence electrons. The van der Waals surface area contributed by atoms with Crippen LogP contribution in [-0.2, 0) is 40.4 Å². The zero-order valence-corrected chi connectivity index (χ0v) is 46.4. The number of aliphatic hydroxyl groups is 2. The van der Waals surface area contributed by atoms with Gasteiger partial charge in [0.15, 0.2) is 11.6 Å². The third kappa shape index (κ3) is 14.9. The van der Waals surface area contributed by atoms with Crippen LogP contribution in [-0.4, -0.2) is 104 Å². The first kappa shape index (κ1) is 59.5. The van der Waals surface area contributed by atoms with Crippen LogP contribution in [0.25, 0.3) is 0 Å². The molecule has 15 heteroatoms. The molecule has 11 nitrogen and oxygen atoms in total. The molecule has 4 aliphatic rings. The maximum atomic E-state index is 13.4. The molecule has 5 aromatic rings. The van der Waals surface area contributed by atoms with Crippen molar-refractivity contribution < 1.29 is 53.3 Å². The topological polar surface area (TPSA) is 169 Å². The fourth-order valence-corrected chi connectivity index (χ4v) is 10.2. The third-order valence-electron chi connectivity index (χ3n) is 15.3. The molecular weight excluding hydrogens is 965 g/mol. The monoisotopic (exact) mass is 1040 g/mol. The molecule has 0 saturated carbocycles. The first-order valence-corrected chi connectivity index (χ1v) is 26.7. The van der Waals surface area contributed by atoms with E-state index in [1.54, 1.807) is 48.5 Å². The maximum Gasteiger partial charge on any atom is 0.493 e. The van der Waals surface area contributed by atoms with Crippen LogP contribution in [0.15, 0.2) is 97.1 Å². The Morgan fingerprint density at radius 3 is 1.32 bits per heavy atom. The van der Waals surface area contributed by atoms with Crippen molar-refractivity contribution in [2.24, 2.45) is 0 Å². The van der Waals surface area contributed by atoms with Gasteiger partial charge in [0.1, 0.15) is 0 Å². The lowest BCUT2D eigenvalue weighted by atomic mass is 9.61. The Kier molecular flexibility index (Phi) is 20.3. The number of ether oxygens (including phenoxy) is 1. The summed E-state index contributed by atoms with van der Waals surface area (Å²) in [5.74, 6) is 0.0697. The summed E-state index contributed by atoms with van der Waals surface area (Å²) in [6.45, 7) is 25.8. The number of halogens is 1. The Balaban J connectivity index is 0.000000182. The number of ketones is 2. The van der Waals surface area contributed by atoms with Crippen LogP contribution < -0.4 is 16.4 Å². The van der Waals surface area contributed by atoms with Crippen molar-refractivity contribution in [3.63, 3.8) is 0 Å². The molecule has 0 radical (unpaired) electrons. The van der Waals surface area contributed by atoms with Gasteiger partial charge in [-0.1, -0.05) is 140 Å². The van der Waals surface area contributed by atoms with Gasteiger partial charge >= 0.3 is 21.2 Å². The van der Waals surface area contributed by atoms with Crippen LogP contribution in [0.2, 0.25) is 0 Å². The minimum absolute atomic E-state index is 0.0246. The van der Waals surface area contributed by atoms with E-state index in [0.717, 1.165) is 64.4 Å². The van der Waals surface area contributed by atoms with E-state index in [9.17, 15) is 24.4 Å². The number of aliphatic hydroxyl groups excluding tert-OH is 2. The van der Waals surface area contributed by atoms with Gasteiger partial charge in [0, 0.05) is 54.2 Å². The quantitative estimate of drug-likeness (QED) is 0.0605. The molecule has 2 aliphatic heterocycles. The maximum absolute atomic E-state index is 13.4. The summed E-state index contributed by atoms with van der Waals surface area (Å²) in [6, 6.07) is 29.9.